The zero-order valence-corrected chi connectivity index (χ0v) is 15.4. The lowest BCUT2D eigenvalue weighted by molar-refractivity contribution is 0.460. The fourth-order valence-electron chi connectivity index (χ4n) is 3.54. The van der Waals surface area contributed by atoms with Gasteiger partial charge in [-0.15, -0.1) is 0 Å². The van der Waals surface area contributed by atoms with Gasteiger partial charge in [0.1, 0.15) is 5.75 Å². The molecule has 0 amide bonds. The van der Waals surface area contributed by atoms with Crippen LogP contribution in [0.5, 0.6) is 5.75 Å². The number of phenols is 1. The van der Waals surface area contributed by atoms with Crippen molar-refractivity contribution in [3.05, 3.63) is 102 Å². The van der Waals surface area contributed by atoms with Gasteiger partial charge in [-0.3, -0.25) is 0 Å². The van der Waals surface area contributed by atoms with Gasteiger partial charge < -0.3 is 10.4 Å². The molecule has 4 aromatic carbocycles. The number of hydrogen-bond acceptors (Lipinski definition) is 2. The van der Waals surface area contributed by atoms with Gasteiger partial charge in [-0.2, -0.15) is 0 Å². The molecule has 0 spiro atoms. The van der Waals surface area contributed by atoms with E-state index in [2.05, 4.69) is 72.9 Å². The summed E-state index contributed by atoms with van der Waals surface area (Å²) in [7, 11) is 0. The van der Waals surface area contributed by atoms with E-state index in [1.165, 1.54) is 16.3 Å². The summed E-state index contributed by atoms with van der Waals surface area (Å²) in [4.78, 5) is 0. The van der Waals surface area contributed by atoms with Crippen molar-refractivity contribution in [1.82, 2.24) is 5.32 Å². The quantitative estimate of drug-likeness (QED) is 0.457. The molecule has 0 aliphatic heterocycles. The summed E-state index contributed by atoms with van der Waals surface area (Å²) in [6.45, 7) is 2.77. The van der Waals surface area contributed by atoms with E-state index in [4.69, 9.17) is 0 Å². The Bertz CT molecular complexity index is 1050. The first-order valence-corrected chi connectivity index (χ1v) is 9.31. The Labute approximate surface area is 160 Å². The van der Waals surface area contributed by atoms with Gasteiger partial charge in [-0.25, -0.2) is 0 Å². The summed E-state index contributed by atoms with van der Waals surface area (Å²) < 4.78 is 0. The monoisotopic (exact) mass is 353 g/mol. The van der Waals surface area contributed by atoms with Gasteiger partial charge in [0, 0.05) is 18.2 Å². The van der Waals surface area contributed by atoms with Crippen LogP contribution in [0.4, 0.5) is 0 Å². The van der Waals surface area contributed by atoms with Crippen LogP contribution in [0.15, 0.2) is 91.0 Å². The van der Waals surface area contributed by atoms with E-state index >= 15 is 0 Å². The third-order valence-corrected chi connectivity index (χ3v) is 5.08. The maximum atomic E-state index is 10.3. The van der Waals surface area contributed by atoms with Crippen molar-refractivity contribution < 1.29 is 5.11 Å². The summed E-state index contributed by atoms with van der Waals surface area (Å²) in [5, 5.41) is 16.4. The zero-order chi connectivity index (χ0) is 18.6. The second kappa shape index (κ2) is 7.65. The van der Waals surface area contributed by atoms with Crippen molar-refractivity contribution in [3.63, 3.8) is 0 Å². The van der Waals surface area contributed by atoms with Crippen LogP contribution in [0.25, 0.3) is 21.9 Å². The zero-order valence-electron chi connectivity index (χ0n) is 15.4. The van der Waals surface area contributed by atoms with Crippen molar-refractivity contribution >= 4 is 10.8 Å². The highest BCUT2D eigenvalue weighted by Gasteiger charge is 2.11. The Balaban J connectivity index is 1.56. The van der Waals surface area contributed by atoms with Crippen LogP contribution in [0.1, 0.15) is 24.1 Å². The first-order valence-electron chi connectivity index (χ1n) is 9.31. The fraction of sp³-hybridized carbons (Fsp3) is 0.120. The topological polar surface area (TPSA) is 32.3 Å². The Kier molecular flexibility index (Phi) is 4.91. The molecule has 0 heterocycles. The van der Waals surface area contributed by atoms with Crippen molar-refractivity contribution in [3.8, 4) is 16.9 Å². The van der Waals surface area contributed by atoms with Crippen LogP contribution in [-0.4, -0.2) is 5.11 Å². The lowest BCUT2D eigenvalue weighted by atomic mass is 9.99. The van der Waals surface area contributed by atoms with Crippen LogP contribution in [0, 0.1) is 0 Å². The van der Waals surface area contributed by atoms with Gasteiger partial charge >= 0.3 is 0 Å². The summed E-state index contributed by atoms with van der Waals surface area (Å²) in [5.41, 5.74) is 4.44. The number of fused-ring (bicyclic) bond motifs is 1. The summed E-state index contributed by atoms with van der Waals surface area (Å²) in [5.74, 6) is 0.326. The first kappa shape index (κ1) is 17.3. The molecule has 0 saturated carbocycles. The maximum absolute atomic E-state index is 10.3. The van der Waals surface area contributed by atoms with Gasteiger partial charge in [-0.1, -0.05) is 78.9 Å². The molecule has 0 aliphatic carbocycles. The molecule has 4 rings (SSSR count). The molecule has 0 radical (unpaired) electrons. The number of benzene rings is 4. The number of phenolic OH excluding ortho intramolecular Hbond substituents is 1. The van der Waals surface area contributed by atoms with E-state index in [-0.39, 0.29) is 6.04 Å². The number of rotatable bonds is 5. The predicted octanol–water partition coefficient (Wildman–Crippen LogP) is 6.06. The van der Waals surface area contributed by atoms with Crippen LogP contribution >= 0.6 is 0 Å². The van der Waals surface area contributed by atoms with E-state index in [0.717, 1.165) is 16.7 Å². The van der Waals surface area contributed by atoms with Gasteiger partial charge in [0.2, 0.25) is 0 Å². The number of hydrogen-bond donors (Lipinski definition) is 2. The highest BCUT2D eigenvalue weighted by atomic mass is 16.3. The molecule has 1 atom stereocenters. The van der Waals surface area contributed by atoms with Crippen molar-refractivity contribution in [2.24, 2.45) is 0 Å². The van der Waals surface area contributed by atoms with Crippen molar-refractivity contribution in [2.45, 2.75) is 19.5 Å². The Hall–Kier alpha value is -3.10. The third kappa shape index (κ3) is 3.71. The maximum Gasteiger partial charge on any atom is 0.120 e. The first-order chi connectivity index (χ1) is 13.2. The van der Waals surface area contributed by atoms with Crippen molar-refractivity contribution in [2.75, 3.05) is 0 Å². The normalized spacial score (nSPS) is 12.2. The van der Waals surface area contributed by atoms with Gasteiger partial charge in [0.05, 0.1) is 0 Å². The van der Waals surface area contributed by atoms with Crippen LogP contribution < -0.4 is 5.32 Å². The predicted molar refractivity (Wildman–Crippen MR) is 113 cm³/mol. The molecule has 0 aromatic heterocycles. The van der Waals surface area contributed by atoms with Gasteiger partial charge in [-0.05, 0) is 46.5 Å². The number of aromatic hydroxyl groups is 1. The smallest absolute Gasteiger partial charge is 0.120 e. The minimum Gasteiger partial charge on any atom is -0.508 e. The molecule has 0 aliphatic rings. The second-order valence-corrected chi connectivity index (χ2v) is 6.88. The minimum atomic E-state index is 0.177. The SMILES string of the molecule is CC(NCc1cc(-c2ccccc2)ccc1O)c1cccc2ccccc12. The Morgan fingerprint density at radius 2 is 1.52 bits per heavy atom. The molecule has 1 unspecified atom stereocenters. The molecule has 2 heteroatoms. The molecule has 27 heavy (non-hydrogen) atoms. The summed E-state index contributed by atoms with van der Waals surface area (Å²) >= 11 is 0. The van der Waals surface area contributed by atoms with Crippen LogP contribution in [-0.2, 0) is 6.54 Å². The lowest BCUT2D eigenvalue weighted by Crippen LogP contribution is -2.18. The van der Waals surface area contributed by atoms with E-state index in [1.54, 1.807) is 6.07 Å². The Morgan fingerprint density at radius 3 is 2.37 bits per heavy atom. The fourth-order valence-corrected chi connectivity index (χ4v) is 3.54. The van der Waals surface area contributed by atoms with E-state index < -0.39 is 0 Å². The molecule has 0 fully saturated rings. The summed E-state index contributed by atoms with van der Waals surface area (Å²) in [6, 6.07) is 31.1. The highest BCUT2D eigenvalue weighted by molar-refractivity contribution is 5.86. The molecule has 0 bridgehead atoms. The minimum absolute atomic E-state index is 0.177. The van der Waals surface area contributed by atoms with Crippen LogP contribution in [0.2, 0.25) is 0 Å². The van der Waals surface area contributed by atoms with Crippen molar-refractivity contribution in [1.29, 1.82) is 0 Å². The van der Waals surface area contributed by atoms with E-state index in [9.17, 15) is 5.11 Å². The average molecular weight is 353 g/mol. The molecule has 0 saturated heterocycles. The van der Waals surface area contributed by atoms with Gasteiger partial charge in [0.15, 0.2) is 0 Å². The lowest BCUT2D eigenvalue weighted by Gasteiger charge is -2.17. The number of nitrogens with one attached hydrogen (secondary N) is 1. The summed E-state index contributed by atoms with van der Waals surface area (Å²) in [6.07, 6.45) is 0. The molecular weight excluding hydrogens is 330 g/mol. The van der Waals surface area contributed by atoms with E-state index in [0.29, 0.717) is 12.3 Å². The molecule has 134 valence electrons. The van der Waals surface area contributed by atoms with E-state index in [1.807, 2.05) is 24.3 Å². The highest BCUT2D eigenvalue weighted by Crippen LogP contribution is 2.28. The molecule has 2 nitrogen and oxygen atoms in total. The van der Waals surface area contributed by atoms with Gasteiger partial charge in [0.25, 0.3) is 0 Å². The molecule has 2 N–H and O–H groups in total. The molecule has 4 aromatic rings. The average Bonchev–Trinajstić information content (AvgIpc) is 2.73. The van der Waals surface area contributed by atoms with Crippen LogP contribution in [0.3, 0.4) is 0 Å². The standard InChI is InChI=1S/C25H23NO/c1-18(23-13-7-11-20-10-5-6-12-24(20)23)26-17-22-16-21(14-15-25(22)27)19-8-3-2-4-9-19/h2-16,18,26-27H,17H2,1H3. The Morgan fingerprint density at radius 1 is 0.778 bits per heavy atom. The largest absolute Gasteiger partial charge is 0.508 e. The molecular formula is C25H23NO. The second-order valence-electron chi connectivity index (χ2n) is 6.88. The third-order valence-electron chi connectivity index (χ3n) is 5.08.